The number of carbonyl (C=O) groups excluding carboxylic acids is 1. The summed E-state index contributed by atoms with van der Waals surface area (Å²) in [4.78, 5) is 23.9. The number of hydrogen-bond donors (Lipinski definition) is 2. The van der Waals surface area contributed by atoms with Crippen molar-refractivity contribution in [3.8, 4) is 5.69 Å². The molecule has 0 saturated heterocycles. The number of aryl methyl sites for hydroxylation is 1. The molecule has 6 heteroatoms. The number of aliphatic carboxylic acids is 1. The summed E-state index contributed by atoms with van der Waals surface area (Å²) in [7, 11) is 0. The first-order valence-corrected chi connectivity index (χ1v) is 8.48. The fraction of sp³-hybridized carbons (Fsp3) is 0.421. The predicted octanol–water partition coefficient (Wildman–Crippen LogP) is 3.25. The molecular weight excluding hydrogens is 318 g/mol. The zero-order valence-electron chi connectivity index (χ0n) is 15.2. The number of benzene rings is 1. The number of para-hydroxylation sites is 1. The molecule has 6 nitrogen and oxygen atoms in total. The van der Waals surface area contributed by atoms with Crippen molar-refractivity contribution in [2.45, 2.75) is 52.5 Å². The molecule has 2 aromatic rings. The molecule has 0 saturated carbocycles. The lowest BCUT2D eigenvalue weighted by molar-refractivity contribution is -0.138. The standard InChI is InChI=1S/C19H25N3O3/c1-5-19(6-2,11-17(23)24)21-18(25)15-12-20-22(14(15)4)16-10-8-7-9-13(16)3/h7-10,12H,5-6,11H2,1-4H3,(H,21,25)(H,23,24). The van der Waals surface area contributed by atoms with Gasteiger partial charge < -0.3 is 10.4 Å². The quantitative estimate of drug-likeness (QED) is 0.808. The molecule has 134 valence electrons. The van der Waals surface area contributed by atoms with E-state index in [0.717, 1.165) is 16.9 Å². The van der Waals surface area contributed by atoms with E-state index >= 15 is 0 Å². The third kappa shape index (κ3) is 3.90. The van der Waals surface area contributed by atoms with Crippen molar-refractivity contribution < 1.29 is 14.7 Å². The Morgan fingerprint density at radius 2 is 1.84 bits per heavy atom. The number of hydrogen-bond acceptors (Lipinski definition) is 3. The molecule has 0 bridgehead atoms. The molecule has 2 rings (SSSR count). The van der Waals surface area contributed by atoms with E-state index in [2.05, 4.69) is 10.4 Å². The van der Waals surface area contributed by atoms with Crippen molar-refractivity contribution in [2.24, 2.45) is 0 Å². The number of carboxylic acid groups (broad SMARTS) is 1. The molecule has 0 aliphatic heterocycles. The number of nitrogens with zero attached hydrogens (tertiary/aromatic N) is 2. The summed E-state index contributed by atoms with van der Waals surface area (Å²) in [6.45, 7) is 7.60. The fourth-order valence-corrected chi connectivity index (χ4v) is 3.00. The van der Waals surface area contributed by atoms with Gasteiger partial charge in [0, 0.05) is 0 Å². The monoisotopic (exact) mass is 343 g/mol. The van der Waals surface area contributed by atoms with E-state index < -0.39 is 11.5 Å². The first-order valence-electron chi connectivity index (χ1n) is 8.48. The predicted molar refractivity (Wildman–Crippen MR) is 96.1 cm³/mol. The second-order valence-electron chi connectivity index (χ2n) is 6.35. The van der Waals surface area contributed by atoms with Crippen LogP contribution in [-0.2, 0) is 4.79 Å². The Kier molecular flexibility index (Phi) is 5.62. The van der Waals surface area contributed by atoms with E-state index in [-0.39, 0.29) is 12.3 Å². The number of rotatable bonds is 7. The summed E-state index contributed by atoms with van der Waals surface area (Å²) in [5.41, 5.74) is 2.41. The Morgan fingerprint density at radius 1 is 1.20 bits per heavy atom. The Hall–Kier alpha value is -2.63. The molecule has 1 heterocycles. The van der Waals surface area contributed by atoms with Crippen LogP contribution in [0.1, 0.15) is 54.7 Å². The van der Waals surface area contributed by atoms with E-state index in [9.17, 15) is 9.59 Å². The molecule has 0 aliphatic carbocycles. The number of aromatic nitrogens is 2. The second kappa shape index (κ2) is 7.51. The maximum absolute atomic E-state index is 12.8. The molecule has 0 unspecified atom stereocenters. The third-order valence-corrected chi connectivity index (χ3v) is 4.82. The maximum Gasteiger partial charge on any atom is 0.305 e. The minimum atomic E-state index is -0.920. The Bertz CT molecular complexity index is 776. The van der Waals surface area contributed by atoms with Crippen molar-refractivity contribution in [3.63, 3.8) is 0 Å². The third-order valence-electron chi connectivity index (χ3n) is 4.82. The highest BCUT2D eigenvalue weighted by molar-refractivity contribution is 5.96. The van der Waals surface area contributed by atoms with Gasteiger partial charge in [-0.2, -0.15) is 5.10 Å². The summed E-state index contributed by atoms with van der Waals surface area (Å²) in [5, 5.41) is 16.4. The minimum absolute atomic E-state index is 0.100. The zero-order chi connectivity index (χ0) is 18.6. The summed E-state index contributed by atoms with van der Waals surface area (Å²) in [6.07, 6.45) is 2.53. The second-order valence-corrected chi connectivity index (χ2v) is 6.35. The highest BCUT2D eigenvalue weighted by atomic mass is 16.4. The van der Waals surface area contributed by atoms with Gasteiger partial charge in [-0.25, -0.2) is 4.68 Å². The lowest BCUT2D eigenvalue weighted by Gasteiger charge is -2.31. The van der Waals surface area contributed by atoms with E-state index in [0.29, 0.717) is 18.4 Å². The summed E-state index contributed by atoms with van der Waals surface area (Å²) in [6, 6.07) is 7.81. The van der Waals surface area contributed by atoms with Gasteiger partial charge in [-0.1, -0.05) is 32.0 Å². The molecule has 0 spiro atoms. The zero-order valence-corrected chi connectivity index (χ0v) is 15.2. The smallest absolute Gasteiger partial charge is 0.305 e. The van der Waals surface area contributed by atoms with Gasteiger partial charge in [0.25, 0.3) is 5.91 Å². The van der Waals surface area contributed by atoms with Crippen molar-refractivity contribution in [1.82, 2.24) is 15.1 Å². The normalized spacial score (nSPS) is 11.4. The number of carboxylic acids is 1. The van der Waals surface area contributed by atoms with E-state index in [1.165, 1.54) is 6.20 Å². The van der Waals surface area contributed by atoms with Crippen LogP contribution in [0.25, 0.3) is 5.69 Å². The number of amides is 1. The van der Waals surface area contributed by atoms with E-state index in [1.54, 1.807) is 4.68 Å². The van der Waals surface area contributed by atoms with Crippen molar-refractivity contribution in [3.05, 3.63) is 47.3 Å². The topological polar surface area (TPSA) is 84.2 Å². The number of carbonyl (C=O) groups is 2. The first kappa shape index (κ1) is 18.7. The summed E-state index contributed by atoms with van der Waals surface area (Å²) in [5.74, 6) is -1.21. The SMILES string of the molecule is CCC(CC)(CC(=O)O)NC(=O)c1cnn(-c2ccccc2C)c1C. The van der Waals surface area contributed by atoms with Crippen LogP contribution in [0.3, 0.4) is 0 Å². The Balaban J connectivity index is 2.32. The lowest BCUT2D eigenvalue weighted by Crippen LogP contribution is -2.49. The van der Waals surface area contributed by atoms with Crippen molar-refractivity contribution in [1.29, 1.82) is 0 Å². The van der Waals surface area contributed by atoms with Gasteiger partial charge >= 0.3 is 5.97 Å². The minimum Gasteiger partial charge on any atom is -0.481 e. The molecule has 2 N–H and O–H groups in total. The average Bonchev–Trinajstić information content (AvgIpc) is 2.95. The van der Waals surface area contributed by atoms with Crippen molar-refractivity contribution >= 4 is 11.9 Å². The van der Waals surface area contributed by atoms with Crippen LogP contribution >= 0.6 is 0 Å². The van der Waals surface area contributed by atoms with Gasteiger partial charge in [-0.15, -0.1) is 0 Å². The molecule has 0 radical (unpaired) electrons. The lowest BCUT2D eigenvalue weighted by atomic mass is 9.88. The van der Waals surface area contributed by atoms with Crippen LogP contribution < -0.4 is 5.32 Å². The Morgan fingerprint density at radius 3 is 2.40 bits per heavy atom. The fourth-order valence-electron chi connectivity index (χ4n) is 3.00. The summed E-state index contributed by atoms with van der Waals surface area (Å²) >= 11 is 0. The van der Waals surface area contributed by atoms with Crippen LogP contribution in [0.5, 0.6) is 0 Å². The van der Waals surface area contributed by atoms with Gasteiger partial charge in [0.15, 0.2) is 0 Å². The van der Waals surface area contributed by atoms with Crippen LogP contribution in [0.15, 0.2) is 30.5 Å². The highest BCUT2D eigenvalue weighted by Crippen LogP contribution is 2.22. The highest BCUT2D eigenvalue weighted by Gasteiger charge is 2.32. The van der Waals surface area contributed by atoms with E-state index in [1.807, 2.05) is 52.0 Å². The van der Waals surface area contributed by atoms with Gasteiger partial charge in [0.05, 0.1) is 35.1 Å². The molecular formula is C19H25N3O3. The largest absolute Gasteiger partial charge is 0.481 e. The first-order chi connectivity index (χ1) is 11.8. The van der Waals surface area contributed by atoms with Gasteiger partial charge in [-0.05, 0) is 38.3 Å². The van der Waals surface area contributed by atoms with Crippen molar-refractivity contribution in [2.75, 3.05) is 0 Å². The Labute approximate surface area is 147 Å². The molecule has 1 aromatic heterocycles. The number of nitrogens with one attached hydrogen (secondary N) is 1. The molecule has 0 atom stereocenters. The molecule has 25 heavy (non-hydrogen) atoms. The van der Waals surface area contributed by atoms with Gasteiger partial charge in [-0.3, -0.25) is 9.59 Å². The molecule has 0 aliphatic rings. The van der Waals surface area contributed by atoms with Crippen LogP contribution in [0.4, 0.5) is 0 Å². The molecule has 0 fully saturated rings. The van der Waals surface area contributed by atoms with Crippen LogP contribution in [-0.4, -0.2) is 32.3 Å². The average molecular weight is 343 g/mol. The van der Waals surface area contributed by atoms with E-state index in [4.69, 9.17) is 5.11 Å². The molecule has 1 amide bonds. The molecule has 1 aromatic carbocycles. The van der Waals surface area contributed by atoms with Gasteiger partial charge in [0.1, 0.15) is 0 Å². The van der Waals surface area contributed by atoms with Crippen LogP contribution in [0.2, 0.25) is 0 Å². The van der Waals surface area contributed by atoms with Gasteiger partial charge in [0.2, 0.25) is 0 Å². The maximum atomic E-state index is 12.8. The van der Waals surface area contributed by atoms with Crippen LogP contribution in [0, 0.1) is 13.8 Å². The summed E-state index contributed by atoms with van der Waals surface area (Å²) < 4.78 is 1.74.